The lowest BCUT2D eigenvalue weighted by molar-refractivity contribution is 0.0689. The van der Waals surface area contributed by atoms with Gasteiger partial charge in [-0.1, -0.05) is 35.5 Å². The van der Waals surface area contributed by atoms with E-state index in [-0.39, 0.29) is 18.8 Å². The van der Waals surface area contributed by atoms with Crippen LogP contribution in [0.5, 0.6) is 0 Å². The second-order valence-electron chi connectivity index (χ2n) is 4.12. The van der Waals surface area contributed by atoms with E-state index in [1.54, 1.807) is 0 Å². The molecule has 2 N–H and O–H groups in total. The van der Waals surface area contributed by atoms with Crippen molar-refractivity contribution >= 4 is 5.97 Å². The maximum Gasteiger partial charge on any atom is 0.358 e. The van der Waals surface area contributed by atoms with E-state index in [0.717, 1.165) is 5.56 Å². The van der Waals surface area contributed by atoms with Gasteiger partial charge in [-0.15, -0.1) is 5.10 Å². The van der Waals surface area contributed by atoms with Gasteiger partial charge in [-0.05, 0) is 18.4 Å². The average Bonchev–Trinajstić information content (AvgIpc) is 2.81. The number of carbonyl (C=O) groups is 1. The highest BCUT2D eigenvalue weighted by atomic mass is 16.4. The summed E-state index contributed by atoms with van der Waals surface area (Å²) in [5, 5.41) is 25.4. The largest absolute Gasteiger partial charge is 0.476 e. The summed E-state index contributed by atoms with van der Waals surface area (Å²) in [5.74, 6) is -1.09. The maximum absolute atomic E-state index is 11.1. The Kier molecular flexibility index (Phi) is 4.25. The van der Waals surface area contributed by atoms with Crippen molar-refractivity contribution in [1.29, 1.82) is 0 Å². The molecule has 0 atom stereocenters. The molecule has 0 bridgehead atoms. The number of aliphatic hydroxyl groups excluding tert-OH is 1. The number of aromatic carboxylic acids is 1. The number of aryl methyl sites for hydroxylation is 1. The van der Waals surface area contributed by atoms with Crippen molar-refractivity contribution in [3.63, 3.8) is 0 Å². The van der Waals surface area contributed by atoms with Crippen LogP contribution in [0.4, 0.5) is 0 Å². The van der Waals surface area contributed by atoms with Crippen LogP contribution in [-0.2, 0) is 19.4 Å². The smallest absolute Gasteiger partial charge is 0.358 e. The summed E-state index contributed by atoms with van der Waals surface area (Å²) in [6, 6.07) is 9.79. The van der Waals surface area contributed by atoms with Gasteiger partial charge in [0.15, 0.2) is 5.69 Å². The Hall–Kier alpha value is -2.21. The Morgan fingerprint density at radius 1 is 1.21 bits per heavy atom. The Balaban J connectivity index is 2.17. The zero-order valence-electron chi connectivity index (χ0n) is 10.4. The van der Waals surface area contributed by atoms with Gasteiger partial charge in [0.25, 0.3) is 0 Å². The Labute approximate surface area is 110 Å². The van der Waals surface area contributed by atoms with Gasteiger partial charge in [0.1, 0.15) is 0 Å². The fourth-order valence-electron chi connectivity index (χ4n) is 1.93. The van der Waals surface area contributed by atoms with E-state index in [0.29, 0.717) is 18.5 Å². The number of hydrogen-bond acceptors (Lipinski definition) is 4. The minimum Gasteiger partial charge on any atom is -0.476 e. The summed E-state index contributed by atoms with van der Waals surface area (Å²) in [4.78, 5) is 11.1. The number of carboxylic acid groups (broad SMARTS) is 1. The van der Waals surface area contributed by atoms with Gasteiger partial charge < -0.3 is 10.2 Å². The molecule has 0 aliphatic rings. The van der Waals surface area contributed by atoms with Crippen molar-refractivity contribution in [3.8, 4) is 0 Å². The lowest BCUT2D eigenvalue weighted by Crippen LogP contribution is -2.11. The molecule has 19 heavy (non-hydrogen) atoms. The molecule has 100 valence electrons. The Bertz CT molecular complexity index is 552. The fourth-order valence-corrected chi connectivity index (χ4v) is 1.93. The van der Waals surface area contributed by atoms with E-state index >= 15 is 0 Å². The van der Waals surface area contributed by atoms with Gasteiger partial charge in [-0.3, -0.25) is 0 Å². The molecule has 0 fully saturated rings. The molecule has 0 saturated carbocycles. The third-order valence-electron chi connectivity index (χ3n) is 2.85. The number of rotatable bonds is 6. The molecule has 0 saturated heterocycles. The van der Waals surface area contributed by atoms with Crippen LogP contribution < -0.4 is 0 Å². The molecule has 1 aromatic heterocycles. The monoisotopic (exact) mass is 261 g/mol. The third kappa shape index (κ3) is 3.17. The number of aliphatic hydroxyl groups is 1. The molecule has 1 heterocycles. The normalized spacial score (nSPS) is 10.6. The highest BCUT2D eigenvalue weighted by Crippen LogP contribution is 2.11. The quantitative estimate of drug-likeness (QED) is 0.801. The molecule has 1 aromatic carbocycles. The first-order valence-electron chi connectivity index (χ1n) is 6.03. The van der Waals surface area contributed by atoms with Crippen LogP contribution in [0.3, 0.4) is 0 Å². The molecule has 6 nitrogen and oxygen atoms in total. The van der Waals surface area contributed by atoms with Crippen molar-refractivity contribution in [2.45, 2.75) is 19.4 Å². The van der Waals surface area contributed by atoms with Gasteiger partial charge in [-0.25, -0.2) is 9.48 Å². The molecule has 0 aliphatic heterocycles. The van der Waals surface area contributed by atoms with Gasteiger partial charge >= 0.3 is 5.97 Å². The van der Waals surface area contributed by atoms with Crippen LogP contribution in [-0.4, -0.2) is 37.8 Å². The van der Waals surface area contributed by atoms with Crippen LogP contribution in [0.15, 0.2) is 30.3 Å². The predicted octanol–water partition coefficient (Wildman–Crippen LogP) is 0.754. The van der Waals surface area contributed by atoms with Gasteiger partial charge in [0, 0.05) is 0 Å². The van der Waals surface area contributed by atoms with E-state index in [9.17, 15) is 4.79 Å². The second kappa shape index (κ2) is 6.10. The summed E-state index contributed by atoms with van der Waals surface area (Å²) in [6.07, 6.45) is 1.23. The number of benzene rings is 1. The minimum atomic E-state index is -1.09. The number of nitrogens with zero attached hydrogens (tertiary/aromatic N) is 3. The van der Waals surface area contributed by atoms with E-state index < -0.39 is 5.97 Å². The van der Waals surface area contributed by atoms with Crippen LogP contribution in [0.1, 0.15) is 21.7 Å². The highest BCUT2D eigenvalue weighted by molar-refractivity contribution is 5.86. The summed E-state index contributed by atoms with van der Waals surface area (Å²) in [7, 11) is 0. The van der Waals surface area contributed by atoms with Gasteiger partial charge in [0.2, 0.25) is 0 Å². The highest BCUT2D eigenvalue weighted by Gasteiger charge is 2.18. The van der Waals surface area contributed by atoms with E-state index in [1.165, 1.54) is 4.68 Å². The molecular weight excluding hydrogens is 246 g/mol. The lowest BCUT2D eigenvalue weighted by atomic mass is 10.1. The van der Waals surface area contributed by atoms with Crippen molar-refractivity contribution < 1.29 is 15.0 Å². The minimum absolute atomic E-state index is 0.0376. The first kappa shape index (κ1) is 13.2. The fraction of sp³-hybridized carbons (Fsp3) is 0.308. The van der Waals surface area contributed by atoms with E-state index in [2.05, 4.69) is 10.3 Å². The zero-order chi connectivity index (χ0) is 13.7. The summed E-state index contributed by atoms with van der Waals surface area (Å²) in [5.41, 5.74) is 1.63. The number of carboxylic acids is 1. The lowest BCUT2D eigenvalue weighted by Gasteiger charge is -2.05. The van der Waals surface area contributed by atoms with Crippen molar-refractivity contribution in [2.75, 3.05) is 6.61 Å². The predicted molar refractivity (Wildman–Crippen MR) is 67.9 cm³/mol. The molecule has 0 unspecified atom stereocenters. The SMILES string of the molecule is O=C(O)c1nnn(CCO)c1CCc1ccccc1. The molecule has 6 heteroatoms. The van der Waals surface area contributed by atoms with Crippen LogP contribution in [0.2, 0.25) is 0 Å². The topological polar surface area (TPSA) is 88.2 Å². The third-order valence-corrected chi connectivity index (χ3v) is 2.85. The molecule has 2 rings (SSSR count). The molecule has 0 aliphatic carbocycles. The zero-order valence-corrected chi connectivity index (χ0v) is 10.4. The van der Waals surface area contributed by atoms with Crippen LogP contribution >= 0.6 is 0 Å². The van der Waals surface area contributed by atoms with Crippen molar-refractivity contribution in [1.82, 2.24) is 15.0 Å². The van der Waals surface area contributed by atoms with E-state index in [1.807, 2.05) is 30.3 Å². The summed E-state index contributed by atoms with van der Waals surface area (Å²) < 4.78 is 1.45. The second-order valence-corrected chi connectivity index (χ2v) is 4.12. The Morgan fingerprint density at radius 3 is 2.58 bits per heavy atom. The van der Waals surface area contributed by atoms with Gasteiger partial charge in [0.05, 0.1) is 18.8 Å². The van der Waals surface area contributed by atoms with Crippen LogP contribution in [0.25, 0.3) is 0 Å². The summed E-state index contributed by atoms with van der Waals surface area (Å²) in [6.45, 7) is 0.158. The number of aromatic nitrogens is 3. The van der Waals surface area contributed by atoms with Gasteiger partial charge in [-0.2, -0.15) is 0 Å². The number of hydrogen-bond donors (Lipinski definition) is 2. The van der Waals surface area contributed by atoms with Crippen molar-refractivity contribution in [3.05, 3.63) is 47.3 Å². The molecule has 2 aromatic rings. The molecule has 0 spiro atoms. The standard InChI is InChI=1S/C13H15N3O3/c17-9-8-16-11(12(13(18)19)14-15-16)7-6-10-4-2-1-3-5-10/h1-5,17H,6-9H2,(H,18,19). The first-order valence-corrected chi connectivity index (χ1v) is 6.03. The molecule has 0 amide bonds. The van der Waals surface area contributed by atoms with E-state index in [4.69, 9.17) is 10.2 Å². The average molecular weight is 261 g/mol. The molecule has 0 radical (unpaired) electrons. The molecular formula is C13H15N3O3. The summed E-state index contributed by atoms with van der Waals surface area (Å²) >= 11 is 0. The van der Waals surface area contributed by atoms with Crippen LogP contribution in [0, 0.1) is 0 Å². The first-order chi connectivity index (χ1) is 9.22. The maximum atomic E-state index is 11.1. The Morgan fingerprint density at radius 2 is 1.95 bits per heavy atom. The van der Waals surface area contributed by atoms with Crippen molar-refractivity contribution in [2.24, 2.45) is 0 Å².